The van der Waals surface area contributed by atoms with Crippen LogP contribution in [0.25, 0.3) is 0 Å². The third kappa shape index (κ3) is 4.03. The predicted molar refractivity (Wildman–Crippen MR) is 100 cm³/mol. The summed E-state index contributed by atoms with van der Waals surface area (Å²) in [6.45, 7) is 4.47. The number of rotatable bonds is 4. The second-order valence-electron chi connectivity index (χ2n) is 7.42. The molecule has 0 aromatic heterocycles. The lowest BCUT2D eigenvalue weighted by molar-refractivity contribution is -0.145. The van der Waals surface area contributed by atoms with Crippen molar-refractivity contribution in [2.45, 2.75) is 38.7 Å². The molecular weight excluding hydrogens is 372 g/mol. The highest BCUT2D eigenvalue weighted by atomic mass is 35.5. The summed E-state index contributed by atoms with van der Waals surface area (Å²) in [7, 11) is 0. The molecule has 146 valence electrons. The molecule has 0 unspecified atom stereocenters. The normalized spacial score (nSPS) is 19.4. The molecule has 2 aliphatic rings. The number of hydrogen-bond donors (Lipinski definition) is 1. The van der Waals surface area contributed by atoms with Crippen LogP contribution in [-0.4, -0.2) is 53.0 Å². The van der Waals surface area contributed by atoms with Gasteiger partial charge in [-0.05, 0) is 44.9 Å². The monoisotopic (exact) mass is 394 g/mol. The molecule has 0 spiro atoms. The first-order valence-corrected chi connectivity index (χ1v) is 9.38. The van der Waals surface area contributed by atoms with Crippen molar-refractivity contribution in [3.8, 4) is 5.75 Å². The van der Waals surface area contributed by atoms with Gasteiger partial charge in [-0.2, -0.15) is 0 Å². The number of likely N-dealkylation sites (tertiary alicyclic amines) is 1. The Bertz CT molecular complexity index is 771. The molecule has 0 radical (unpaired) electrons. The van der Waals surface area contributed by atoms with Gasteiger partial charge in [-0.15, -0.1) is 0 Å². The van der Waals surface area contributed by atoms with E-state index in [2.05, 4.69) is 0 Å². The molecular formula is C19H23ClN2O5. The Labute approximate surface area is 162 Å². The van der Waals surface area contributed by atoms with Gasteiger partial charge < -0.3 is 19.6 Å². The quantitative estimate of drug-likeness (QED) is 0.848. The van der Waals surface area contributed by atoms with E-state index in [1.165, 1.54) is 0 Å². The van der Waals surface area contributed by atoms with E-state index < -0.39 is 11.6 Å². The Balaban J connectivity index is 1.68. The Morgan fingerprint density at radius 2 is 1.96 bits per heavy atom. The topological polar surface area (TPSA) is 87.2 Å². The summed E-state index contributed by atoms with van der Waals surface area (Å²) in [4.78, 5) is 39.6. The number of amides is 2. The van der Waals surface area contributed by atoms with Gasteiger partial charge in [0.25, 0.3) is 5.91 Å². The fourth-order valence-corrected chi connectivity index (χ4v) is 3.67. The van der Waals surface area contributed by atoms with E-state index in [9.17, 15) is 14.4 Å². The van der Waals surface area contributed by atoms with Gasteiger partial charge in [0, 0.05) is 31.1 Å². The third-order valence-corrected chi connectivity index (χ3v) is 5.32. The molecule has 1 aromatic carbocycles. The largest absolute Gasteiger partial charge is 0.481 e. The zero-order valence-corrected chi connectivity index (χ0v) is 16.2. The van der Waals surface area contributed by atoms with Crippen molar-refractivity contribution in [1.82, 2.24) is 4.90 Å². The second kappa shape index (κ2) is 7.38. The highest BCUT2D eigenvalue weighted by Gasteiger charge is 2.41. The van der Waals surface area contributed by atoms with Crippen LogP contribution in [0.3, 0.4) is 0 Å². The summed E-state index contributed by atoms with van der Waals surface area (Å²) in [6, 6.07) is 5.08. The average molecular weight is 395 g/mol. The predicted octanol–water partition coefficient (Wildman–Crippen LogP) is 2.56. The van der Waals surface area contributed by atoms with Gasteiger partial charge in [-0.1, -0.05) is 11.6 Å². The molecule has 1 N–H and O–H groups in total. The zero-order valence-electron chi connectivity index (χ0n) is 15.4. The van der Waals surface area contributed by atoms with Crippen molar-refractivity contribution in [2.24, 2.45) is 5.92 Å². The smallest absolute Gasteiger partial charge is 0.306 e. The maximum absolute atomic E-state index is 12.8. The van der Waals surface area contributed by atoms with Crippen LogP contribution >= 0.6 is 11.6 Å². The second-order valence-corrected chi connectivity index (χ2v) is 7.86. The number of hydrogen-bond acceptors (Lipinski definition) is 4. The van der Waals surface area contributed by atoms with Crippen molar-refractivity contribution in [3.63, 3.8) is 0 Å². The number of carboxylic acid groups (broad SMARTS) is 1. The van der Waals surface area contributed by atoms with E-state index in [1.54, 1.807) is 41.8 Å². The molecule has 1 saturated heterocycles. The minimum atomic E-state index is -1.02. The van der Waals surface area contributed by atoms with Crippen molar-refractivity contribution >= 4 is 35.1 Å². The maximum Gasteiger partial charge on any atom is 0.306 e. The Hall–Kier alpha value is -2.28. The molecule has 0 saturated carbocycles. The Morgan fingerprint density at radius 1 is 1.30 bits per heavy atom. The molecule has 7 nitrogen and oxygen atoms in total. The fourth-order valence-electron chi connectivity index (χ4n) is 3.50. The minimum absolute atomic E-state index is 0.0838. The lowest BCUT2D eigenvalue weighted by atomic mass is 9.97. The molecule has 2 amide bonds. The van der Waals surface area contributed by atoms with Crippen LogP contribution in [0.2, 0.25) is 5.02 Å². The van der Waals surface area contributed by atoms with Crippen molar-refractivity contribution < 1.29 is 24.2 Å². The Kier molecular flexibility index (Phi) is 5.33. The molecule has 2 heterocycles. The van der Waals surface area contributed by atoms with Crippen LogP contribution in [0, 0.1) is 5.92 Å². The first kappa shape index (κ1) is 19.5. The molecule has 0 bridgehead atoms. The van der Waals surface area contributed by atoms with E-state index in [4.69, 9.17) is 21.4 Å². The highest BCUT2D eigenvalue weighted by molar-refractivity contribution is 6.31. The summed E-state index contributed by atoms with van der Waals surface area (Å²) in [5.74, 6) is -0.950. The summed E-state index contributed by atoms with van der Waals surface area (Å²) in [5.41, 5.74) is -0.465. The number of halogens is 1. The van der Waals surface area contributed by atoms with Gasteiger partial charge in [0.15, 0.2) is 5.60 Å². The molecule has 3 rings (SSSR count). The molecule has 2 aliphatic heterocycles. The maximum atomic E-state index is 12.8. The van der Waals surface area contributed by atoms with Crippen molar-refractivity contribution in [1.29, 1.82) is 0 Å². The first-order chi connectivity index (χ1) is 12.7. The number of piperidine rings is 1. The van der Waals surface area contributed by atoms with Gasteiger partial charge in [0.05, 0.1) is 11.6 Å². The van der Waals surface area contributed by atoms with Crippen LogP contribution in [0.5, 0.6) is 5.75 Å². The Morgan fingerprint density at radius 3 is 2.59 bits per heavy atom. The number of fused-ring (bicyclic) bond motifs is 1. The molecule has 0 atom stereocenters. The van der Waals surface area contributed by atoms with E-state index in [0.29, 0.717) is 42.4 Å². The van der Waals surface area contributed by atoms with E-state index in [0.717, 1.165) is 0 Å². The number of carboxylic acids is 1. The average Bonchev–Trinajstić information content (AvgIpc) is 2.62. The molecule has 27 heavy (non-hydrogen) atoms. The highest BCUT2D eigenvalue weighted by Crippen LogP contribution is 2.39. The number of aliphatic carboxylic acids is 1. The number of benzene rings is 1. The lowest BCUT2D eigenvalue weighted by Crippen LogP contribution is -2.53. The van der Waals surface area contributed by atoms with Crippen LogP contribution < -0.4 is 9.64 Å². The van der Waals surface area contributed by atoms with E-state index in [1.807, 2.05) is 0 Å². The van der Waals surface area contributed by atoms with Gasteiger partial charge in [0.2, 0.25) is 5.91 Å². The number of carbonyl (C=O) groups is 3. The van der Waals surface area contributed by atoms with Crippen molar-refractivity contribution in [2.75, 3.05) is 24.5 Å². The number of anilines is 1. The van der Waals surface area contributed by atoms with Gasteiger partial charge in [-0.3, -0.25) is 14.4 Å². The van der Waals surface area contributed by atoms with Gasteiger partial charge in [0.1, 0.15) is 5.75 Å². The van der Waals surface area contributed by atoms with Gasteiger partial charge in [-0.25, -0.2) is 0 Å². The molecule has 1 aromatic rings. The molecule has 0 aliphatic carbocycles. The van der Waals surface area contributed by atoms with Crippen LogP contribution in [0.1, 0.15) is 33.1 Å². The summed E-state index contributed by atoms with van der Waals surface area (Å²) in [6.07, 6.45) is 1.08. The van der Waals surface area contributed by atoms with Crippen LogP contribution in [-0.2, 0) is 14.4 Å². The number of carbonyl (C=O) groups excluding carboxylic acids is 2. The fraction of sp³-hybridized carbons (Fsp3) is 0.526. The van der Waals surface area contributed by atoms with E-state index >= 15 is 0 Å². The molecule has 8 heteroatoms. The van der Waals surface area contributed by atoms with E-state index in [-0.39, 0.29) is 30.7 Å². The molecule has 1 fully saturated rings. The van der Waals surface area contributed by atoms with Gasteiger partial charge >= 0.3 is 5.97 Å². The summed E-state index contributed by atoms with van der Waals surface area (Å²) in [5, 5.41) is 9.54. The standard InChI is InChI=1S/C19H23ClN2O5/c1-19(2)18(26)22(14-11-13(20)3-4-15(14)27-19)10-7-16(23)21-8-5-12(6-9-21)17(24)25/h3-4,11-12H,5-10H2,1-2H3,(H,24,25). The minimum Gasteiger partial charge on any atom is -0.481 e. The summed E-state index contributed by atoms with van der Waals surface area (Å²) >= 11 is 6.07. The SMILES string of the molecule is CC1(C)Oc2ccc(Cl)cc2N(CCC(=O)N2CCC(C(=O)O)CC2)C1=O. The summed E-state index contributed by atoms with van der Waals surface area (Å²) < 4.78 is 5.77. The van der Waals surface area contributed by atoms with Crippen LogP contribution in [0.15, 0.2) is 18.2 Å². The number of ether oxygens (including phenoxy) is 1. The zero-order chi connectivity index (χ0) is 19.8. The lowest BCUT2D eigenvalue weighted by Gasteiger charge is -2.39. The number of nitrogens with zero attached hydrogens (tertiary/aromatic N) is 2. The van der Waals surface area contributed by atoms with Crippen molar-refractivity contribution in [3.05, 3.63) is 23.2 Å². The first-order valence-electron chi connectivity index (χ1n) is 9.00. The van der Waals surface area contributed by atoms with Crippen LogP contribution in [0.4, 0.5) is 5.69 Å². The third-order valence-electron chi connectivity index (χ3n) is 5.08.